The number of aromatic nitrogens is 2. The molecule has 1 unspecified atom stereocenters. The van der Waals surface area contributed by atoms with Crippen LogP contribution < -0.4 is 11.1 Å². The van der Waals surface area contributed by atoms with Crippen molar-refractivity contribution in [2.75, 3.05) is 0 Å². The predicted octanol–water partition coefficient (Wildman–Crippen LogP) is 0.919. The van der Waals surface area contributed by atoms with E-state index in [2.05, 4.69) is 15.3 Å². The largest absolute Gasteiger partial charge is 0.349 e. The first kappa shape index (κ1) is 13.6. The van der Waals surface area contributed by atoms with Crippen LogP contribution in [0.2, 0.25) is 0 Å². The first-order valence-corrected chi connectivity index (χ1v) is 5.81. The van der Waals surface area contributed by atoms with Gasteiger partial charge in [0.25, 0.3) is 0 Å². The van der Waals surface area contributed by atoms with Crippen LogP contribution in [0.25, 0.3) is 0 Å². The first-order valence-electron chi connectivity index (χ1n) is 5.81. The zero-order valence-corrected chi connectivity index (χ0v) is 10.7. The Bertz CT molecular complexity index is 390. The van der Waals surface area contributed by atoms with Crippen LogP contribution in [0.1, 0.15) is 38.2 Å². The fourth-order valence-corrected chi connectivity index (χ4v) is 1.61. The molecule has 0 aliphatic heterocycles. The van der Waals surface area contributed by atoms with E-state index in [0.717, 1.165) is 12.1 Å². The molecule has 94 valence electrons. The number of carbonyl (C=O) groups excluding carboxylic acids is 1. The SMILES string of the molecule is CCCC(C)(N)C(=O)NCc1ccnc(C)n1. The minimum atomic E-state index is -0.809. The summed E-state index contributed by atoms with van der Waals surface area (Å²) in [5.41, 5.74) is 5.90. The lowest BCUT2D eigenvalue weighted by Gasteiger charge is -2.22. The van der Waals surface area contributed by atoms with Crippen LogP contribution in [0.4, 0.5) is 0 Å². The van der Waals surface area contributed by atoms with Gasteiger partial charge in [0.2, 0.25) is 5.91 Å². The van der Waals surface area contributed by atoms with Gasteiger partial charge in [-0.05, 0) is 26.3 Å². The average Bonchev–Trinajstić information content (AvgIpc) is 2.26. The van der Waals surface area contributed by atoms with Crippen molar-refractivity contribution >= 4 is 5.91 Å². The average molecular weight is 236 g/mol. The van der Waals surface area contributed by atoms with Crippen LogP contribution in [0.5, 0.6) is 0 Å². The summed E-state index contributed by atoms with van der Waals surface area (Å²) in [6.45, 7) is 5.96. The smallest absolute Gasteiger partial charge is 0.240 e. The van der Waals surface area contributed by atoms with Crippen LogP contribution in [0.3, 0.4) is 0 Å². The Morgan fingerprint density at radius 1 is 1.59 bits per heavy atom. The molecular formula is C12H20N4O. The number of hydrogen-bond donors (Lipinski definition) is 2. The van der Waals surface area contributed by atoms with Crippen molar-refractivity contribution in [2.45, 2.75) is 45.7 Å². The quantitative estimate of drug-likeness (QED) is 0.796. The van der Waals surface area contributed by atoms with E-state index in [0.29, 0.717) is 18.8 Å². The van der Waals surface area contributed by atoms with Crippen molar-refractivity contribution in [3.8, 4) is 0 Å². The molecule has 0 spiro atoms. The molecular weight excluding hydrogens is 216 g/mol. The minimum Gasteiger partial charge on any atom is -0.349 e. The van der Waals surface area contributed by atoms with E-state index in [1.165, 1.54) is 0 Å². The van der Waals surface area contributed by atoms with E-state index in [1.807, 2.05) is 13.8 Å². The summed E-state index contributed by atoms with van der Waals surface area (Å²) in [4.78, 5) is 20.0. The Hall–Kier alpha value is -1.49. The molecule has 5 heteroatoms. The Kier molecular flexibility index (Phi) is 4.57. The Morgan fingerprint density at radius 3 is 2.88 bits per heavy atom. The van der Waals surface area contributed by atoms with Crippen LogP contribution in [0, 0.1) is 6.92 Å². The molecule has 17 heavy (non-hydrogen) atoms. The summed E-state index contributed by atoms with van der Waals surface area (Å²) < 4.78 is 0. The summed E-state index contributed by atoms with van der Waals surface area (Å²) in [6, 6.07) is 1.78. The zero-order valence-electron chi connectivity index (χ0n) is 10.7. The number of nitrogens with one attached hydrogen (secondary N) is 1. The third-order valence-corrected chi connectivity index (χ3v) is 2.55. The zero-order chi connectivity index (χ0) is 12.9. The standard InChI is InChI=1S/C12H20N4O/c1-4-6-12(3,13)11(17)15-8-10-5-7-14-9(2)16-10/h5,7H,4,6,8,13H2,1-3H3,(H,15,17). The van der Waals surface area contributed by atoms with Gasteiger partial charge in [0.1, 0.15) is 5.82 Å². The van der Waals surface area contributed by atoms with E-state index in [9.17, 15) is 4.79 Å². The van der Waals surface area contributed by atoms with Crippen LogP contribution in [-0.2, 0) is 11.3 Å². The summed E-state index contributed by atoms with van der Waals surface area (Å²) >= 11 is 0. The minimum absolute atomic E-state index is 0.143. The summed E-state index contributed by atoms with van der Waals surface area (Å²) in [5, 5.41) is 2.80. The highest BCUT2D eigenvalue weighted by Crippen LogP contribution is 2.08. The normalized spacial score (nSPS) is 14.1. The number of nitrogens with two attached hydrogens (primary N) is 1. The molecule has 0 aromatic carbocycles. The number of hydrogen-bond acceptors (Lipinski definition) is 4. The molecule has 1 atom stereocenters. The van der Waals surface area contributed by atoms with Crippen LogP contribution in [0.15, 0.2) is 12.3 Å². The van der Waals surface area contributed by atoms with Crippen molar-refractivity contribution in [1.82, 2.24) is 15.3 Å². The molecule has 0 saturated carbocycles. The lowest BCUT2D eigenvalue weighted by Crippen LogP contribution is -2.51. The molecule has 0 aliphatic rings. The number of carbonyl (C=O) groups is 1. The van der Waals surface area contributed by atoms with Crippen LogP contribution in [-0.4, -0.2) is 21.4 Å². The number of aryl methyl sites for hydroxylation is 1. The van der Waals surface area contributed by atoms with Crippen molar-refractivity contribution in [3.05, 3.63) is 23.8 Å². The maximum absolute atomic E-state index is 11.8. The molecule has 1 aromatic heterocycles. The summed E-state index contributed by atoms with van der Waals surface area (Å²) in [6.07, 6.45) is 3.23. The van der Waals surface area contributed by atoms with Crippen molar-refractivity contribution < 1.29 is 4.79 Å². The van der Waals surface area contributed by atoms with Gasteiger partial charge < -0.3 is 11.1 Å². The molecule has 0 fully saturated rings. The lowest BCUT2D eigenvalue weighted by molar-refractivity contribution is -0.126. The van der Waals surface area contributed by atoms with Gasteiger partial charge >= 0.3 is 0 Å². The number of rotatable bonds is 5. The second kappa shape index (κ2) is 5.72. The molecule has 1 amide bonds. The Labute approximate surface area is 102 Å². The second-order valence-corrected chi connectivity index (χ2v) is 4.45. The van der Waals surface area contributed by atoms with E-state index < -0.39 is 5.54 Å². The molecule has 1 heterocycles. The monoisotopic (exact) mass is 236 g/mol. The molecule has 0 bridgehead atoms. The summed E-state index contributed by atoms with van der Waals surface area (Å²) in [5.74, 6) is 0.552. The maximum Gasteiger partial charge on any atom is 0.240 e. The topological polar surface area (TPSA) is 80.9 Å². The van der Waals surface area contributed by atoms with E-state index in [-0.39, 0.29) is 5.91 Å². The molecule has 3 N–H and O–H groups in total. The number of amides is 1. The Balaban J connectivity index is 2.54. The molecule has 5 nitrogen and oxygen atoms in total. The van der Waals surface area contributed by atoms with Gasteiger partial charge in [-0.1, -0.05) is 13.3 Å². The molecule has 1 rings (SSSR count). The van der Waals surface area contributed by atoms with Crippen molar-refractivity contribution in [1.29, 1.82) is 0 Å². The molecule has 1 aromatic rings. The maximum atomic E-state index is 11.8. The summed E-state index contributed by atoms with van der Waals surface area (Å²) in [7, 11) is 0. The van der Waals surface area contributed by atoms with Gasteiger partial charge in [-0.2, -0.15) is 0 Å². The van der Waals surface area contributed by atoms with E-state index in [4.69, 9.17) is 5.73 Å². The van der Waals surface area contributed by atoms with Gasteiger partial charge in [-0.3, -0.25) is 4.79 Å². The molecule has 0 aliphatic carbocycles. The fourth-order valence-electron chi connectivity index (χ4n) is 1.61. The predicted molar refractivity (Wildman–Crippen MR) is 66.1 cm³/mol. The molecule has 0 radical (unpaired) electrons. The van der Waals surface area contributed by atoms with Crippen molar-refractivity contribution in [2.24, 2.45) is 5.73 Å². The van der Waals surface area contributed by atoms with E-state index in [1.54, 1.807) is 19.2 Å². The van der Waals surface area contributed by atoms with Gasteiger partial charge in [0.15, 0.2) is 0 Å². The van der Waals surface area contributed by atoms with E-state index >= 15 is 0 Å². The lowest BCUT2D eigenvalue weighted by atomic mass is 9.96. The highest BCUT2D eigenvalue weighted by atomic mass is 16.2. The fraction of sp³-hybridized carbons (Fsp3) is 0.583. The Morgan fingerprint density at radius 2 is 2.29 bits per heavy atom. The van der Waals surface area contributed by atoms with Crippen molar-refractivity contribution in [3.63, 3.8) is 0 Å². The second-order valence-electron chi connectivity index (χ2n) is 4.45. The number of nitrogens with zero attached hydrogens (tertiary/aromatic N) is 2. The highest BCUT2D eigenvalue weighted by molar-refractivity contribution is 5.85. The van der Waals surface area contributed by atoms with Gasteiger partial charge in [0, 0.05) is 6.20 Å². The van der Waals surface area contributed by atoms with Gasteiger partial charge in [-0.25, -0.2) is 9.97 Å². The third kappa shape index (κ3) is 4.11. The molecule has 0 saturated heterocycles. The third-order valence-electron chi connectivity index (χ3n) is 2.55. The van der Waals surface area contributed by atoms with Crippen LogP contribution >= 0.6 is 0 Å². The van der Waals surface area contributed by atoms with Gasteiger partial charge in [0.05, 0.1) is 17.8 Å². The highest BCUT2D eigenvalue weighted by Gasteiger charge is 2.26. The first-order chi connectivity index (χ1) is 7.95. The van der Waals surface area contributed by atoms with Gasteiger partial charge in [-0.15, -0.1) is 0 Å².